The van der Waals surface area contributed by atoms with Crippen molar-refractivity contribution in [3.63, 3.8) is 0 Å². The van der Waals surface area contributed by atoms with Gasteiger partial charge >= 0.3 is 12.1 Å². The zero-order chi connectivity index (χ0) is 16.0. The number of hydrogen-bond donors (Lipinski definition) is 2. The maximum Gasteiger partial charge on any atom is 0.416 e. The van der Waals surface area contributed by atoms with E-state index in [9.17, 15) is 26.7 Å². The summed E-state index contributed by atoms with van der Waals surface area (Å²) in [6, 6.07) is 2.21. The zero-order valence-electron chi connectivity index (χ0n) is 10.6. The van der Waals surface area contributed by atoms with Crippen LogP contribution in [0.2, 0.25) is 0 Å². The predicted molar refractivity (Wildman–Crippen MR) is 63.7 cm³/mol. The second-order valence-corrected chi connectivity index (χ2v) is 3.96. The van der Waals surface area contributed by atoms with Crippen molar-refractivity contribution < 1.29 is 36.6 Å². The van der Waals surface area contributed by atoms with E-state index in [1.54, 1.807) is 0 Å². The summed E-state index contributed by atoms with van der Waals surface area (Å²) in [7, 11) is 0. The minimum Gasteiger partial charge on any atom is -0.478 e. The van der Waals surface area contributed by atoms with Crippen LogP contribution in [0.5, 0.6) is 0 Å². The first kappa shape index (κ1) is 17.2. The molecule has 0 aliphatic heterocycles. The third kappa shape index (κ3) is 5.54. The predicted octanol–water partition coefficient (Wildman–Crippen LogP) is 3.10. The molecule has 9 heteroatoms. The summed E-state index contributed by atoms with van der Waals surface area (Å²) in [6.45, 7) is -0.913. The van der Waals surface area contributed by atoms with E-state index in [2.05, 4.69) is 10.1 Å². The van der Waals surface area contributed by atoms with Crippen molar-refractivity contribution >= 4 is 11.7 Å². The Bertz CT molecular complexity index is 490. The van der Waals surface area contributed by atoms with Gasteiger partial charge in [0.15, 0.2) is 0 Å². The van der Waals surface area contributed by atoms with Gasteiger partial charge in [-0.1, -0.05) is 0 Å². The molecule has 0 radical (unpaired) electrons. The molecule has 1 aromatic rings. The summed E-state index contributed by atoms with van der Waals surface area (Å²) in [5.41, 5.74) is -1.69. The molecule has 2 N–H and O–H groups in total. The number of ether oxygens (including phenoxy) is 1. The summed E-state index contributed by atoms with van der Waals surface area (Å²) in [5, 5.41) is 11.4. The van der Waals surface area contributed by atoms with Crippen LogP contribution in [0.25, 0.3) is 0 Å². The number of nitrogens with one attached hydrogen (secondary N) is 1. The lowest BCUT2D eigenvalue weighted by molar-refractivity contribution is -0.137. The molecule has 0 saturated heterocycles. The number of benzene rings is 1. The number of anilines is 1. The summed E-state index contributed by atoms with van der Waals surface area (Å²) in [5.74, 6) is -1.53. The fourth-order valence-corrected chi connectivity index (χ4v) is 1.48. The molecule has 0 unspecified atom stereocenters. The molecule has 0 aromatic heterocycles. The normalized spacial score (nSPS) is 11.7. The number of hydrogen-bond acceptors (Lipinski definition) is 3. The highest BCUT2D eigenvalue weighted by Crippen LogP contribution is 2.31. The van der Waals surface area contributed by atoms with Gasteiger partial charge in [-0.3, -0.25) is 0 Å². The molecule has 0 spiro atoms. The Kier molecular flexibility index (Phi) is 5.89. The van der Waals surface area contributed by atoms with E-state index >= 15 is 0 Å². The first-order valence-electron chi connectivity index (χ1n) is 5.76. The third-order valence-electron chi connectivity index (χ3n) is 2.38. The second-order valence-electron chi connectivity index (χ2n) is 3.96. The molecule has 1 rings (SSSR count). The molecule has 0 aliphatic carbocycles. The van der Waals surface area contributed by atoms with Crippen molar-refractivity contribution in [2.75, 3.05) is 25.1 Å². The van der Waals surface area contributed by atoms with Crippen LogP contribution in [-0.2, 0) is 10.9 Å². The van der Waals surface area contributed by atoms with Crippen LogP contribution < -0.4 is 5.32 Å². The lowest BCUT2D eigenvalue weighted by Crippen LogP contribution is -2.15. The number of aromatic carboxylic acids is 1. The van der Waals surface area contributed by atoms with Crippen LogP contribution in [-0.4, -0.2) is 37.3 Å². The van der Waals surface area contributed by atoms with Crippen molar-refractivity contribution in [3.8, 4) is 0 Å². The monoisotopic (exact) mass is 313 g/mol. The summed E-state index contributed by atoms with van der Waals surface area (Å²) < 4.78 is 65.6. The highest BCUT2D eigenvalue weighted by molar-refractivity contribution is 5.94. The number of carboxylic acid groups (broad SMARTS) is 1. The first-order chi connectivity index (χ1) is 9.71. The van der Waals surface area contributed by atoms with Gasteiger partial charge in [0.25, 0.3) is 6.43 Å². The van der Waals surface area contributed by atoms with Gasteiger partial charge in [-0.25, -0.2) is 13.6 Å². The SMILES string of the molecule is O=C(O)c1cc(C(F)(F)F)ccc1NCCOCC(F)F. The fraction of sp³-hybridized carbons (Fsp3) is 0.417. The molecule has 0 fully saturated rings. The minimum absolute atomic E-state index is 0.0155. The molecule has 0 atom stereocenters. The van der Waals surface area contributed by atoms with Crippen molar-refractivity contribution in [2.45, 2.75) is 12.6 Å². The third-order valence-corrected chi connectivity index (χ3v) is 2.38. The number of rotatable bonds is 7. The van der Waals surface area contributed by atoms with Gasteiger partial charge in [-0.05, 0) is 18.2 Å². The standard InChI is InChI=1S/C12H12F5NO3/c13-10(14)6-21-4-3-18-9-2-1-7(12(15,16)17)5-8(9)11(19)20/h1-2,5,10,18H,3-4,6H2,(H,19,20). The van der Waals surface area contributed by atoms with Crippen molar-refractivity contribution in [1.82, 2.24) is 0 Å². The Hall–Kier alpha value is -1.90. The highest BCUT2D eigenvalue weighted by atomic mass is 19.4. The molecule has 0 heterocycles. The molecule has 21 heavy (non-hydrogen) atoms. The fourth-order valence-electron chi connectivity index (χ4n) is 1.48. The van der Waals surface area contributed by atoms with E-state index < -0.39 is 36.3 Å². The number of alkyl halides is 5. The molecule has 0 amide bonds. The molecular formula is C12H12F5NO3. The van der Waals surface area contributed by atoms with E-state index in [0.717, 1.165) is 12.1 Å². The summed E-state index contributed by atoms with van der Waals surface area (Å²) >= 11 is 0. The van der Waals surface area contributed by atoms with Gasteiger partial charge in [-0.15, -0.1) is 0 Å². The van der Waals surface area contributed by atoms with Crippen LogP contribution in [0.15, 0.2) is 18.2 Å². The quantitative estimate of drug-likeness (QED) is 0.600. The highest BCUT2D eigenvalue weighted by Gasteiger charge is 2.31. The molecule has 4 nitrogen and oxygen atoms in total. The lowest BCUT2D eigenvalue weighted by atomic mass is 10.1. The molecule has 0 aliphatic rings. The van der Waals surface area contributed by atoms with Crippen LogP contribution in [0.1, 0.15) is 15.9 Å². The lowest BCUT2D eigenvalue weighted by Gasteiger charge is -2.13. The average molecular weight is 313 g/mol. The van der Waals surface area contributed by atoms with E-state index in [1.807, 2.05) is 0 Å². The van der Waals surface area contributed by atoms with Crippen molar-refractivity contribution in [1.29, 1.82) is 0 Å². The average Bonchev–Trinajstić information content (AvgIpc) is 2.36. The Morgan fingerprint density at radius 1 is 1.33 bits per heavy atom. The minimum atomic E-state index is -4.65. The van der Waals surface area contributed by atoms with Crippen LogP contribution in [0.4, 0.5) is 27.6 Å². The first-order valence-corrected chi connectivity index (χ1v) is 5.76. The largest absolute Gasteiger partial charge is 0.478 e. The van der Waals surface area contributed by atoms with E-state index in [-0.39, 0.29) is 18.8 Å². The van der Waals surface area contributed by atoms with Crippen LogP contribution in [0.3, 0.4) is 0 Å². The van der Waals surface area contributed by atoms with Crippen molar-refractivity contribution in [2.24, 2.45) is 0 Å². The van der Waals surface area contributed by atoms with Gasteiger partial charge < -0.3 is 15.2 Å². The molecular weight excluding hydrogens is 301 g/mol. The summed E-state index contributed by atoms with van der Waals surface area (Å²) in [4.78, 5) is 10.9. The molecule has 1 aromatic carbocycles. The smallest absolute Gasteiger partial charge is 0.416 e. The van der Waals surface area contributed by atoms with E-state index in [1.165, 1.54) is 0 Å². The molecule has 0 bridgehead atoms. The van der Waals surface area contributed by atoms with E-state index in [4.69, 9.17) is 5.11 Å². The number of carbonyl (C=O) groups is 1. The van der Waals surface area contributed by atoms with Gasteiger partial charge in [0.1, 0.15) is 6.61 Å². The maximum atomic E-state index is 12.5. The zero-order valence-corrected chi connectivity index (χ0v) is 10.6. The molecule has 118 valence electrons. The second kappa shape index (κ2) is 7.21. The van der Waals surface area contributed by atoms with Crippen LogP contribution in [0, 0.1) is 0 Å². The Morgan fingerprint density at radius 2 is 2.00 bits per heavy atom. The van der Waals surface area contributed by atoms with Crippen LogP contribution >= 0.6 is 0 Å². The Labute approximate surface area is 116 Å². The number of carboxylic acids is 1. The van der Waals surface area contributed by atoms with Gasteiger partial charge in [0.05, 0.1) is 17.7 Å². The van der Waals surface area contributed by atoms with Gasteiger partial charge in [0.2, 0.25) is 0 Å². The Balaban J connectivity index is 2.72. The van der Waals surface area contributed by atoms with Gasteiger partial charge in [-0.2, -0.15) is 13.2 Å². The molecule has 0 saturated carbocycles. The number of halogens is 5. The summed E-state index contributed by atoms with van der Waals surface area (Å²) in [6.07, 6.45) is -7.27. The topological polar surface area (TPSA) is 58.6 Å². The maximum absolute atomic E-state index is 12.5. The Morgan fingerprint density at radius 3 is 2.52 bits per heavy atom. The van der Waals surface area contributed by atoms with Crippen molar-refractivity contribution in [3.05, 3.63) is 29.3 Å². The van der Waals surface area contributed by atoms with Gasteiger partial charge in [0, 0.05) is 12.2 Å². The van der Waals surface area contributed by atoms with E-state index in [0.29, 0.717) is 6.07 Å².